The van der Waals surface area contributed by atoms with Crippen molar-refractivity contribution in [3.8, 4) is 16.9 Å². The lowest BCUT2D eigenvalue weighted by Crippen LogP contribution is -2.16. The fraction of sp³-hybridized carbons (Fsp3) is 0.250. The summed E-state index contributed by atoms with van der Waals surface area (Å²) in [4.78, 5) is 9.05. The zero-order chi connectivity index (χ0) is 23.8. The molecular weight excluding hydrogens is 471 g/mol. The summed E-state index contributed by atoms with van der Waals surface area (Å²) in [5.41, 5.74) is 4.03. The Balaban J connectivity index is 1.46. The highest BCUT2D eigenvalue weighted by atomic mass is 35.5. The van der Waals surface area contributed by atoms with Gasteiger partial charge in [-0.25, -0.2) is 9.98 Å². The summed E-state index contributed by atoms with van der Waals surface area (Å²) < 4.78 is 40.8. The maximum Gasteiger partial charge on any atom is 0.573 e. The molecule has 2 aromatic carbocycles. The Kier molecular flexibility index (Phi) is 8.66. The summed E-state index contributed by atoms with van der Waals surface area (Å²) in [5, 5.41) is 4.40. The molecule has 0 unspecified atom stereocenters. The van der Waals surface area contributed by atoms with Crippen molar-refractivity contribution >= 4 is 40.0 Å². The Bertz CT molecular complexity index is 1090. The molecule has 1 aromatic heterocycles. The molecule has 3 aromatic rings. The molecule has 4 nitrogen and oxygen atoms in total. The SMILES string of the molecule is C=N/C(Cl)=N\c1sc(C)cc1CNCCCc1ccc(-c2ccc(OC(F)(F)F)cc2)cc1. The molecule has 0 bridgehead atoms. The minimum atomic E-state index is -4.69. The number of thiophene rings is 1. The van der Waals surface area contributed by atoms with Crippen LogP contribution >= 0.6 is 22.9 Å². The van der Waals surface area contributed by atoms with Crippen molar-refractivity contribution in [2.75, 3.05) is 6.54 Å². The van der Waals surface area contributed by atoms with E-state index in [9.17, 15) is 13.2 Å². The average molecular weight is 494 g/mol. The zero-order valence-corrected chi connectivity index (χ0v) is 19.5. The fourth-order valence-electron chi connectivity index (χ4n) is 3.25. The van der Waals surface area contributed by atoms with Crippen LogP contribution in [-0.2, 0) is 13.0 Å². The first-order valence-electron chi connectivity index (χ1n) is 10.2. The summed E-state index contributed by atoms with van der Waals surface area (Å²) in [5.74, 6) is -0.229. The standard InChI is InChI=1S/C24H23ClF3N3OS/c1-16-14-20(22(33-16)31-23(25)29-2)15-30-13-3-4-17-5-7-18(8-6-17)19-9-11-21(12-10-19)32-24(26,27)28/h5-12,14,30H,2-4,13,15H2,1H3/b31-23-. The molecule has 0 saturated carbocycles. The van der Waals surface area contributed by atoms with Crippen LogP contribution in [0.2, 0.25) is 0 Å². The quantitative estimate of drug-likeness (QED) is 0.147. The molecule has 9 heteroatoms. The Morgan fingerprint density at radius 1 is 1.09 bits per heavy atom. The highest BCUT2D eigenvalue weighted by Gasteiger charge is 2.30. The Morgan fingerprint density at radius 3 is 2.33 bits per heavy atom. The van der Waals surface area contributed by atoms with E-state index in [1.54, 1.807) is 23.5 Å². The van der Waals surface area contributed by atoms with E-state index in [2.05, 4.69) is 32.8 Å². The van der Waals surface area contributed by atoms with Crippen molar-refractivity contribution < 1.29 is 17.9 Å². The Morgan fingerprint density at radius 2 is 1.73 bits per heavy atom. The van der Waals surface area contributed by atoms with E-state index in [4.69, 9.17) is 11.6 Å². The maximum absolute atomic E-state index is 12.3. The van der Waals surface area contributed by atoms with Crippen molar-refractivity contribution in [1.82, 2.24) is 5.32 Å². The van der Waals surface area contributed by atoms with E-state index in [0.717, 1.165) is 46.0 Å². The Labute approximate surface area is 199 Å². The number of nitrogens with zero attached hydrogens (tertiary/aromatic N) is 2. The fourth-order valence-corrected chi connectivity index (χ4v) is 4.28. The minimum Gasteiger partial charge on any atom is -0.406 e. The molecule has 0 fully saturated rings. The summed E-state index contributed by atoms with van der Waals surface area (Å²) in [7, 11) is 0. The monoisotopic (exact) mass is 493 g/mol. The first-order valence-corrected chi connectivity index (χ1v) is 11.4. The molecule has 33 heavy (non-hydrogen) atoms. The third-order valence-electron chi connectivity index (χ3n) is 4.74. The van der Waals surface area contributed by atoms with Crippen molar-refractivity contribution in [2.45, 2.75) is 32.7 Å². The molecule has 3 rings (SSSR count). The first-order chi connectivity index (χ1) is 15.7. The van der Waals surface area contributed by atoms with Gasteiger partial charge in [0.15, 0.2) is 0 Å². The van der Waals surface area contributed by atoms with E-state index < -0.39 is 6.36 Å². The second kappa shape index (κ2) is 11.4. The largest absolute Gasteiger partial charge is 0.573 e. The highest BCUT2D eigenvalue weighted by molar-refractivity contribution is 7.16. The number of benzene rings is 2. The molecule has 0 aliphatic carbocycles. The predicted molar refractivity (Wildman–Crippen MR) is 130 cm³/mol. The van der Waals surface area contributed by atoms with Crippen LogP contribution in [0.5, 0.6) is 5.75 Å². The van der Waals surface area contributed by atoms with Gasteiger partial charge in [0.2, 0.25) is 5.29 Å². The van der Waals surface area contributed by atoms with Crippen molar-refractivity contribution in [3.05, 3.63) is 70.6 Å². The smallest absolute Gasteiger partial charge is 0.406 e. The van der Waals surface area contributed by atoms with Gasteiger partial charge in [-0.05, 0) is 79.5 Å². The van der Waals surface area contributed by atoms with Crippen LogP contribution in [0.4, 0.5) is 18.2 Å². The molecule has 1 N–H and O–H groups in total. The topological polar surface area (TPSA) is 46.0 Å². The van der Waals surface area contributed by atoms with Crippen LogP contribution in [0.1, 0.15) is 22.4 Å². The zero-order valence-electron chi connectivity index (χ0n) is 18.0. The Hall–Kier alpha value is -2.68. The molecule has 0 atom stereocenters. The average Bonchev–Trinajstić information content (AvgIpc) is 3.12. The normalized spacial score (nSPS) is 12.1. The van der Waals surface area contributed by atoms with Crippen LogP contribution in [0.15, 0.2) is 64.6 Å². The number of aryl methyl sites for hydroxylation is 2. The molecule has 174 valence electrons. The number of alkyl halides is 3. The maximum atomic E-state index is 12.3. The molecule has 0 spiro atoms. The number of hydrogen-bond donors (Lipinski definition) is 1. The minimum absolute atomic E-state index is 0.132. The molecule has 0 radical (unpaired) electrons. The van der Waals surface area contributed by atoms with Crippen LogP contribution in [0.3, 0.4) is 0 Å². The van der Waals surface area contributed by atoms with E-state index in [1.807, 2.05) is 31.2 Å². The van der Waals surface area contributed by atoms with Gasteiger partial charge in [0, 0.05) is 17.0 Å². The molecule has 1 heterocycles. The van der Waals surface area contributed by atoms with Gasteiger partial charge in [-0.2, -0.15) is 0 Å². The van der Waals surface area contributed by atoms with Gasteiger partial charge >= 0.3 is 6.36 Å². The van der Waals surface area contributed by atoms with Gasteiger partial charge < -0.3 is 10.1 Å². The lowest BCUT2D eigenvalue weighted by Gasteiger charge is -2.10. The summed E-state index contributed by atoms with van der Waals surface area (Å²) in [6.07, 6.45) is -2.82. The number of amidine groups is 1. The van der Waals surface area contributed by atoms with Crippen LogP contribution in [0.25, 0.3) is 11.1 Å². The van der Waals surface area contributed by atoms with Crippen molar-refractivity contribution in [1.29, 1.82) is 0 Å². The van der Waals surface area contributed by atoms with Gasteiger partial charge in [0.05, 0.1) is 0 Å². The third-order valence-corrected chi connectivity index (χ3v) is 5.93. The number of aliphatic imine (C=N–C) groups is 2. The number of nitrogens with one attached hydrogen (secondary N) is 1. The van der Waals surface area contributed by atoms with E-state index in [0.29, 0.717) is 6.54 Å². The summed E-state index contributed by atoms with van der Waals surface area (Å²) in [6.45, 7) is 6.94. The molecule has 0 aliphatic rings. The van der Waals surface area contributed by atoms with E-state index >= 15 is 0 Å². The number of ether oxygens (including phenoxy) is 1. The molecule has 0 amide bonds. The summed E-state index contributed by atoms with van der Waals surface area (Å²) >= 11 is 7.44. The number of rotatable bonds is 9. The van der Waals surface area contributed by atoms with Gasteiger partial charge in [0.1, 0.15) is 10.8 Å². The second-order valence-electron chi connectivity index (χ2n) is 7.28. The molecule has 0 aliphatic heterocycles. The van der Waals surface area contributed by atoms with E-state index in [1.165, 1.54) is 17.7 Å². The van der Waals surface area contributed by atoms with E-state index in [-0.39, 0.29) is 11.0 Å². The third kappa shape index (κ3) is 7.99. The number of halogens is 4. The van der Waals surface area contributed by atoms with Crippen LogP contribution < -0.4 is 10.1 Å². The predicted octanol–water partition coefficient (Wildman–Crippen LogP) is 7.27. The van der Waals surface area contributed by atoms with Crippen LogP contribution in [0, 0.1) is 6.92 Å². The van der Waals surface area contributed by atoms with Crippen LogP contribution in [-0.4, -0.2) is 24.9 Å². The highest BCUT2D eigenvalue weighted by Crippen LogP contribution is 2.31. The van der Waals surface area contributed by atoms with Crippen molar-refractivity contribution in [3.63, 3.8) is 0 Å². The molecular formula is C24H23ClF3N3OS. The van der Waals surface area contributed by atoms with Crippen molar-refractivity contribution in [2.24, 2.45) is 9.98 Å². The number of hydrogen-bond acceptors (Lipinski definition) is 4. The summed E-state index contributed by atoms with van der Waals surface area (Å²) in [6, 6.07) is 16.0. The molecule has 0 saturated heterocycles. The van der Waals surface area contributed by atoms with Gasteiger partial charge in [0.25, 0.3) is 0 Å². The first kappa shape index (κ1) is 25.0. The lowest BCUT2D eigenvalue weighted by atomic mass is 10.0. The second-order valence-corrected chi connectivity index (χ2v) is 8.85. The van der Waals surface area contributed by atoms with Gasteiger partial charge in [-0.1, -0.05) is 36.4 Å². The van der Waals surface area contributed by atoms with Gasteiger partial charge in [-0.3, -0.25) is 0 Å². The van der Waals surface area contributed by atoms with Gasteiger partial charge in [-0.15, -0.1) is 24.5 Å². The lowest BCUT2D eigenvalue weighted by molar-refractivity contribution is -0.274.